The van der Waals surface area contributed by atoms with E-state index in [0.717, 1.165) is 28.6 Å². The summed E-state index contributed by atoms with van der Waals surface area (Å²) in [5, 5.41) is 0.815. The quantitative estimate of drug-likeness (QED) is 0.477. The summed E-state index contributed by atoms with van der Waals surface area (Å²) < 4.78 is 12.2. The molecule has 0 N–H and O–H groups in total. The molecule has 0 aliphatic heterocycles. The summed E-state index contributed by atoms with van der Waals surface area (Å²) in [5.41, 5.74) is 1.19. The van der Waals surface area contributed by atoms with Crippen LogP contribution in [0.4, 0.5) is 0 Å². The van der Waals surface area contributed by atoms with E-state index in [4.69, 9.17) is 9.47 Å². The lowest BCUT2D eigenvalue weighted by atomic mass is 10.1. The van der Waals surface area contributed by atoms with Crippen molar-refractivity contribution in [3.8, 4) is 5.75 Å². The maximum absolute atomic E-state index is 5.64. The molecule has 0 unspecified atom stereocenters. The molecule has 1 aromatic rings. The smallest absolute Gasteiger partial charge is 0.119 e. The van der Waals surface area contributed by atoms with Gasteiger partial charge in [-0.15, -0.1) is 0 Å². The van der Waals surface area contributed by atoms with Crippen LogP contribution >= 0.6 is 31.9 Å². The minimum Gasteiger partial charge on any atom is -0.491 e. The molecule has 0 aliphatic rings. The minimum absolute atomic E-state index is 0.599. The van der Waals surface area contributed by atoms with Crippen LogP contribution in [0.25, 0.3) is 0 Å². The molecule has 102 valence electrons. The van der Waals surface area contributed by atoms with Gasteiger partial charge in [-0.3, -0.25) is 0 Å². The molecule has 0 aromatic heterocycles. The first-order chi connectivity index (χ1) is 8.63. The van der Waals surface area contributed by atoms with Crippen LogP contribution in [0.1, 0.15) is 25.8 Å². The molecule has 1 aromatic carbocycles. The van der Waals surface area contributed by atoms with Crippen molar-refractivity contribution >= 4 is 31.9 Å². The van der Waals surface area contributed by atoms with Crippen molar-refractivity contribution in [2.24, 2.45) is 5.92 Å². The van der Waals surface area contributed by atoms with Crippen LogP contribution in [-0.2, 0) is 10.1 Å². The largest absolute Gasteiger partial charge is 0.491 e. The van der Waals surface area contributed by atoms with Crippen molar-refractivity contribution in [1.82, 2.24) is 0 Å². The first-order valence-electron chi connectivity index (χ1n) is 6.18. The van der Waals surface area contributed by atoms with Crippen LogP contribution in [0.3, 0.4) is 0 Å². The Labute approximate surface area is 126 Å². The van der Waals surface area contributed by atoms with Crippen molar-refractivity contribution < 1.29 is 9.47 Å². The molecule has 0 amide bonds. The number of alkyl halides is 1. The minimum atomic E-state index is 0.599. The first kappa shape index (κ1) is 16.0. The van der Waals surface area contributed by atoms with Crippen molar-refractivity contribution in [1.29, 1.82) is 0 Å². The molecule has 4 heteroatoms. The fourth-order valence-corrected chi connectivity index (χ4v) is 2.61. The molecule has 0 atom stereocenters. The van der Waals surface area contributed by atoms with Gasteiger partial charge in [-0.2, -0.15) is 0 Å². The van der Waals surface area contributed by atoms with Crippen molar-refractivity contribution in [3.05, 3.63) is 28.2 Å². The first-order valence-corrected chi connectivity index (χ1v) is 8.10. The monoisotopic (exact) mass is 378 g/mol. The maximum atomic E-state index is 5.64. The van der Waals surface area contributed by atoms with Gasteiger partial charge >= 0.3 is 0 Å². The molecular formula is C14H20Br2O2. The van der Waals surface area contributed by atoms with E-state index in [1.165, 1.54) is 5.56 Å². The molecule has 0 saturated heterocycles. The molecule has 1 rings (SSSR count). The average Bonchev–Trinajstić information content (AvgIpc) is 2.35. The summed E-state index contributed by atoms with van der Waals surface area (Å²) in [6.45, 7) is 6.45. The van der Waals surface area contributed by atoms with E-state index in [1.54, 1.807) is 0 Å². The third-order valence-corrected chi connectivity index (χ3v) is 3.87. The standard InChI is InChI=1S/C14H20Br2O2/c1-11(2)5-6-17-7-8-18-13-3-4-14(16)12(9-13)10-15/h3-4,9,11H,5-8,10H2,1-2H3. The molecule has 2 nitrogen and oxygen atoms in total. The summed E-state index contributed by atoms with van der Waals surface area (Å²) in [5.74, 6) is 1.58. The van der Waals surface area contributed by atoms with Gasteiger partial charge in [0, 0.05) is 16.4 Å². The van der Waals surface area contributed by atoms with E-state index in [2.05, 4.69) is 45.7 Å². The Morgan fingerprint density at radius 2 is 1.94 bits per heavy atom. The highest BCUT2D eigenvalue weighted by molar-refractivity contribution is 9.10. The fourth-order valence-electron chi connectivity index (χ4n) is 1.38. The zero-order valence-corrected chi connectivity index (χ0v) is 14.1. The average molecular weight is 380 g/mol. The fraction of sp³-hybridized carbons (Fsp3) is 0.571. The van der Waals surface area contributed by atoms with Gasteiger partial charge < -0.3 is 9.47 Å². The lowest BCUT2D eigenvalue weighted by Gasteiger charge is -2.09. The van der Waals surface area contributed by atoms with E-state index in [0.29, 0.717) is 19.1 Å². The number of benzene rings is 1. The highest BCUT2D eigenvalue weighted by Crippen LogP contribution is 2.24. The van der Waals surface area contributed by atoms with Gasteiger partial charge in [0.05, 0.1) is 6.61 Å². The van der Waals surface area contributed by atoms with Crippen LogP contribution in [-0.4, -0.2) is 19.8 Å². The second-order valence-electron chi connectivity index (χ2n) is 4.53. The molecular weight excluding hydrogens is 360 g/mol. The Morgan fingerprint density at radius 3 is 2.61 bits per heavy atom. The number of hydrogen-bond acceptors (Lipinski definition) is 2. The van der Waals surface area contributed by atoms with Gasteiger partial charge in [0.15, 0.2) is 0 Å². The van der Waals surface area contributed by atoms with Crippen LogP contribution in [0.15, 0.2) is 22.7 Å². The van der Waals surface area contributed by atoms with E-state index >= 15 is 0 Å². The Kier molecular flexibility index (Phi) is 7.95. The zero-order valence-electron chi connectivity index (χ0n) is 10.9. The topological polar surface area (TPSA) is 18.5 Å². The van der Waals surface area contributed by atoms with Gasteiger partial charge in [-0.25, -0.2) is 0 Å². The van der Waals surface area contributed by atoms with E-state index < -0.39 is 0 Å². The Hall–Kier alpha value is -0.0600. The summed E-state index contributed by atoms with van der Waals surface area (Å²) in [7, 11) is 0. The van der Waals surface area contributed by atoms with E-state index in [9.17, 15) is 0 Å². The summed E-state index contributed by atoms with van der Waals surface area (Å²) in [6.07, 6.45) is 1.10. The SMILES string of the molecule is CC(C)CCOCCOc1ccc(Br)c(CBr)c1. The second kappa shape index (κ2) is 8.94. The Morgan fingerprint density at radius 1 is 1.17 bits per heavy atom. The molecule has 0 radical (unpaired) electrons. The Bertz CT molecular complexity index is 354. The van der Waals surface area contributed by atoms with Crippen molar-refractivity contribution in [3.63, 3.8) is 0 Å². The number of halogens is 2. The van der Waals surface area contributed by atoms with Gasteiger partial charge in [0.2, 0.25) is 0 Å². The number of hydrogen-bond donors (Lipinski definition) is 0. The molecule has 18 heavy (non-hydrogen) atoms. The van der Waals surface area contributed by atoms with Gasteiger partial charge in [0.1, 0.15) is 12.4 Å². The van der Waals surface area contributed by atoms with Crippen LogP contribution < -0.4 is 4.74 Å². The molecule has 0 spiro atoms. The highest BCUT2D eigenvalue weighted by atomic mass is 79.9. The zero-order chi connectivity index (χ0) is 13.4. The van der Waals surface area contributed by atoms with Crippen LogP contribution in [0.2, 0.25) is 0 Å². The van der Waals surface area contributed by atoms with Gasteiger partial charge in [0.25, 0.3) is 0 Å². The summed E-state index contributed by atoms with van der Waals surface area (Å²) >= 11 is 6.94. The van der Waals surface area contributed by atoms with Gasteiger partial charge in [-0.05, 0) is 36.1 Å². The lowest BCUT2D eigenvalue weighted by Crippen LogP contribution is -2.08. The molecule has 0 fully saturated rings. The third kappa shape index (κ3) is 6.21. The number of rotatable bonds is 8. The molecule has 0 saturated carbocycles. The summed E-state index contributed by atoms with van der Waals surface area (Å²) in [4.78, 5) is 0. The normalized spacial score (nSPS) is 10.9. The van der Waals surface area contributed by atoms with Gasteiger partial charge in [-0.1, -0.05) is 45.7 Å². The molecule has 0 aliphatic carbocycles. The molecule has 0 heterocycles. The highest BCUT2D eigenvalue weighted by Gasteiger charge is 2.01. The van der Waals surface area contributed by atoms with E-state index in [-0.39, 0.29) is 0 Å². The molecule has 0 bridgehead atoms. The maximum Gasteiger partial charge on any atom is 0.119 e. The van der Waals surface area contributed by atoms with Crippen LogP contribution in [0, 0.1) is 5.92 Å². The van der Waals surface area contributed by atoms with Crippen molar-refractivity contribution in [2.75, 3.05) is 19.8 Å². The lowest BCUT2D eigenvalue weighted by molar-refractivity contribution is 0.0925. The van der Waals surface area contributed by atoms with Crippen molar-refractivity contribution in [2.45, 2.75) is 25.6 Å². The Balaban J connectivity index is 2.23. The van der Waals surface area contributed by atoms with Crippen LogP contribution in [0.5, 0.6) is 5.75 Å². The predicted molar refractivity (Wildman–Crippen MR) is 82.5 cm³/mol. The summed E-state index contributed by atoms with van der Waals surface area (Å²) in [6, 6.07) is 6.00. The number of ether oxygens (including phenoxy) is 2. The van der Waals surface area contributed by atoms with E-state index in [1.807, 2.05) is 18.2 Å². The second-order valence-corrected chi connectivity index (χ2v) is 5.95. The third-order valence-electron chi connectivity index (χ3n) is 2.50. The predicted octanol–water partition coefficient (Wildman–Crippen LogP) is 4.79.